The molecule has 1 fully saturated rings. The number of nitrogens with zero attached hydrogens (tertiary/aromatic N) is 1. The molecule has 1 N–H and O–H groups in total. The average Bonchev–Trinajstić information content (AvgIpc) is 2.58. The minimum absolute atomic E-state index is 0. The summed E-state index contributed by atoms with van der Waals surface area (Å²) < 4.78 is 68.6. The summed E-state index contributed by atoms with van der Waals surface area (Å²) >= 11 is 0. The molecule has 0 aromatic heterocycles. The van der Waals surface area contributed by atoms with Gasteiger partial charge in [-0.2, -0.15) is 0 Å². The molecule has 0 amide bonds. The Morgan fingerprint density at radius 2 is 1.38 bits per heavy atom. The summed E-state index contributed by atoms with van der Waals surface area (Å²) in [6, 6.07) is -0.798. The van der Waals surface area contributed by atoms with Crippen molar-refractivity contribution in [3.8, 4) is 0 Å². The van der Waals surface area contributed by atoms with Gasteiger partial charge in [0.05, 0.1) is 0 Å². The van der Waals surface area contributed by atoms with Crippen LogP contribution in [0.2, 0.25) is 0 Å². The maximum Gasteiger partial charge on any atom is 0.200 e. The maximum absolute atomic E-state index is 14.2. The predicted molar refractivity (Wildman–Crippen MR) is 84.8 cm³/mol. The SMILES string of the molecule is CCCCC[C@H](c1c(F)c(F)c(F)c(F)c1F)N1CCNCC1.Cl. The molecule has 0 bridgehead atoms. The Labute approximate surface area is 144 Å². The van der Waals surface area contributed by atoms with Crippen molar-refractivity contribution in [3.05, 3.63) is 34.6 Å². The Morgan fingerprint density at radius 3 is 1.88 bits per heavy atom. The van der Waals surface area contributed by atoms with Gasteiger partial charge in [-0.3, -0.25) is 4.90 Å². The van der Waals surface area contributed by atoms with Crippen molar-refractivity contribution < 1.29 is 22.0 Å². The molecule has 1 saturated heterocycles. The fourth-order valence-corrected chi connectivity index (χ4v) is 3.01. The molecule has 8 heteroatoms. The van der Waals surface area contributed by atoms with Gasteiger partial charge in [0.15, 0.2) is 23.3 Å². The molecule has 2 nitrogen and oxygen atoms in total. The van der Waals surface area contributed by atoms with Crippen LogP contribution in [0.3, 0.4) is 0 Å². The highest BCUT2D eigenvalue weighted by atomic mass is 35.5. The minimum atomic E-state index is -2.10. The number of hydrogen-bond donors (Lipinski definition) is 1. The van der Waals surface area contributed by atoms with Gasteiger partial charge in [0, 0.05) is 37.8 Å². The van der Waals surface area contributed by atoms with Gasteiger partial charge < -0.3 is 5.32 Å². The Kier molecular flexibility index (Phi) is 8.39. The van der Waals surface area contributed by atoms with Crippen LogP contribution in [0.1, 0.15) is 44.2 Å². The van der Waals surface area contributed by atoms with Crippen molar-refractivity contribution in [1.82, 2.24) is 10.2 Å². The van der Waals surface area contributed by atoms with E-state index >= 15 is 0 Å². The zero-order valence-corrected chi connectivity index (χ0v) is 14.3. The predicted octanol–water partition coefficient (Wildman–Crippen LogP) is 4.33. The third kappa shape index (κ3) is 4.37. The van der Waals surface area contributed by atoms with E-state index in [9.17, 15) is 22.0 Å². The molecule has 138 valence electrons. The number of rotatable bonds is 6. The third-order valence-corrected chi connectivity index (χ3v) is 4.25. The molecule has 0 radical (unpaired) electrons. The fraction of sp³-hybridized carbons (Fsp3) is 0.625. The van der Waals surface area contributed by atoms with Gasteiger partial charge in [-0.25, -0.2) is 22.0 Å². The lowest BCUT2D eigenvalue weighted by molar-refractivity contribution is 0.153. The summed E-state index contributed by atoms with van der Waals surface area (Å²) in [5, 5.41) is 3.11. The van der Waals surface area contributed by atoms with E-state index in [1.54, 1.807) is 4.90 Å². The lowest BCUT2D eigenvalue weighted by Crippen LogP contribution is -2.45. The van der Waals surface area contributed by atoms with E-state index < -0.39 is 40.7 Å². The van der Waals surface area contributed by atoms with Crippen LogP contribution in [-0.2, 0) is 0 Å². The first-order valence-electron chi connectivity index (χ1n) is 7.95. The molecular weight excluding hydrogens is 351 g/mol. The largest absolute Gasteiger partial charge is 0.314 e. The smallest absolute Gasteiger partial charge is 0.200 e. The van der Waals surface area contributed by atoms with Gasteiger partial charge in [0.25, 0.3) is 0 Å². The number of halogens is 6. The second kappa shape index (κ2) is 9.53. The van der Waals surface area contributed by atoms with Crippen LogP contribution >= 0.6 is 12.4 Å². The summed E-state index contributed by atoms with van der Waals surface area (Å²) in [6.07, 6.45) is 2.79. The lowest BCUT2D eigenvalue weighted by atomic mass is 9.96. The molecule has 24 heavy (non-hydrogen) atoms. The van der Waals surface area contributed by atoms with Gasteiger partial charge in [0.1, 0.15) is 0 Å². The van der Waals surface area contributed by atoms with Crippen LogP contribution in [0.5, 0.6) is 0 Å². The Balaban J connectivity index is 0.00000288. The molecule has 1 heterocycles. The van der Waals surface area contributed by atoms with Crippen LogP contribution < -0.4 is 5.32 Å². The standard InChI is InChI=1S/C16H21F5N2.ClH/c1-2-3-4-5-10(23-8-6-22-7-9-23)11-12(17)14(19)16(21)15(20)13(11)18;/h10,22H,2-9H2,1H3;1H/t10-;/m1./s1. The Hall–Kier alpha value is -0.920. The molecule has 0 spiro atoms. The van der Waals surface area contributed by atoms with Crippen molar-refractivity contribution in [3.63, 3.8) is 0 Å². The quantitative estimate of drug-likeness (QED) is 0.346. The molecular formula is C16H22ClF5N2. The lowest BCUT2D eigenvalue weighted by Gasteiger charge is -2.35. The Bertz CT molecular complexity index is 521. The van der Waals surface area contributed by atoms with E-state index in [0.29, 0.717) is 39.0 Å². The average molecular weight is 373 g/mol. The second-order valence-corrected chi connectivity index (χ2v) is 5.78. The highest BCUT2D eigenvalue weighted by Gasteiger charge is 2.33. The summed E-state index contributed by atoms with van der Waals surface area (Å²) in [4.78, 5) is 1.80. The van der Waals surface area contributed by atoms with E-state index in [-0.39, 0.29) is 12.4 Å². The monoisotopic (exact) mass is 372 g/mol. The first-order valence-corrected chi connectivity index (χ1v) is 7.95. The molecule has 1 aromatic rings. The highest BCUT2D eigenvalue weighted by Crippen LogP contribution is 2.34. The molecule has 1 atom stereocenters. The summed E-state index contributed by atoms with van der Waals surface area (Å²) in [7, 11) is 0. The van der Waals surface area contributed by atoms with E-state index in [0.717, 1.165) is 12.8 Å². The summed E-state index contributed by atoms with van der Waals surface area (Å²) in [5.74, 6) is -9.25. The Morgan fingerprint density at radius 1 is 0.875 bits per heavy atom. The van der Waals surface area contributed by atoms with Crippen LogP contribution in [0, 0.1) is 29.1 Å². The summed E-state index contributed by atoms with van der Waals surface area (Å²) in [6.45, 7) is 4.25. The van der Waals surface area contributed by atoms with Gasteiger partial charge >= 0.3 is 0 Å². The normalized spacial score (nSPS) is 16.8. The molecule has 1 aromatic carbocycles. The van der Waals surface area contributed by atoms with Crippen molar-refractivity contribution >= 4 is 12.4 Å². The molecule has 1 aliphatic heterocycles. The van der Waals surface area contributed by atoms with Crippen LogP contribution in [0.15, 0.2) is 0 Å². The number of unbranched alkanes of at least 4 members (excludes halogenated alkanes) is 2. The number of piperazine rings is 1. The first-order chi connectivity index (χ1) is 11.0. The van der Waals surface area contributed by atoms with Crippen LogP contribution in [0.4, 0.5) is 22.0 Å². The maximum atomic E-state index is 14.2. The number of benzene rings is 1. The topological polar surface area (TPSA) is 15.3 Å². The number of hydrogen-bond acceptors (Lipinski definition) is 2. The zero-order valence-electron chi connectivity index (χ0n) is 13.5. The van der Waals surface area contributed by atoms with Gasteiger partial charge in [-0.15, -0.1) is 12.4 Å². The minimum Gasteiger partial charge on any atom is -0.314 e. The molecule has 0 saturated carbocycles. The van der Waals surface area contributed by atoms with Gasteiger partial charge in [0.2, 0.25) is 5.82 Å². The molecule has 0 aliphatic carbocycles. The van der Waals surface area contributed by atoms with Crippen molar-refractivity contribution in [1.29, 1.82) is 0 Å². The van der Waals surface area contributed by atoms with Gasteiger partial charge in [-0.1, -0.05) is 26.2 Å². The highest BCUT2D eigenvalue weighted by molar-refractivity contribution is 5.85. The second-order valence-electron chi connectivity index (χ2n) is 5.78. The third-order valence-electron chi connectivity index (χ3n) is 4.25. The molecule has 0 unspecified atom stereocenters. The molecule has 1 aliphatic rings. The van der Waals surface area contributed by atoms with E-state index in [2.05, 4.69) is 5.32 Å². The zero-order chi connectivity index (χ0) is 17.0. The van der Waals surface area contributed by atoms with E-state index in [4.69, 9.17) is 0 Å². The van der Waals surface area contributed by atoms with Gasteiger partial charge in [-0.05, 0) is 6.42 Å². The van der Waals surface area contributed by atoms with Crippen molar-refractivity contribution in [2.45, 2.75) is 38.6 Å². The molecule has 2 rings (SSSR count). The van der Waals surface area contributed by atoms with Crippen molar-refractivity contribution in [2.75, 3.05) is 26.2 Å². The van der Waals surface area contributed by atoms with Crippen LogP contribution in [0.25, 0.3) is 0 Å². The van der Waals surface area contributed by atoms with Crippen LogP contribution in [-0.4, -0.2) is 31.1 Å². The van der Waals surface area contributed by atoms with E-state index in [1.807, 2.05) is 6.92 Å². The van der Waals surface area contributed by atoms with Crippen molar-refractivity contribution in [2.24, 2.45) is 0 Å². The fourth-order valence-electron chi connectivity index (χ4n) is 3.01. The van der Waals surface area contributed by atoms with E-state index in [1.165, 1.54) is 0 Å². The summed E-state index contributed by atoms with van der Waals surface area (Å²) in [5.41, 5.74) is -0.695. The number of nitrogens with one attached hydrogen (secondary N) is 1. The first kappa shape index (κ1) is 21.1.